The van der Waals surface area contributed by atoms with Gasteiger partial charge in [0.15, 0.2) is 0 Å². The van der Waals surface area contributed by atoms with Gasteiger partial charge in [0.25, 0.3) is 0 Å². The van der Waals surface area contributed by atoms with E-state index in [0.29, 0.717) is 18.8 Å². The van der Waals surface area contributed by atoms with Crippen LogP contribution in [0.3, 0.4) is 0 Å². The number of hydrogen-bond acceptors (Lipinski definition) is 4. The van der Waals surface area contributed by atoms with Crippen LogP contribution >= 0.6 is 0 Å². The summed E-state index contributed by atoms with van der Waals surface area (Å²) in [6, 6.07) is 6.51. The molecular formula is C18H32N2O2. The Morgan fingerprint density at radius 2 is 1.95 bits per heavy atom. The van der Waals surface area contributed by atoms with Gasteiger partial charge in [-0.05, 0) is 64.3 Å². The fourth-order valence-electron chi connectivity index (χ4n) is 2.23. The van der Waals surface area contributed by atoms with E-state index in [9.17, 15) is 0 Å². The van der Waals surface area contributed by atoms with E-state index in [1.54, 1.807) is 0 Å². The molecule has 0 saturated heterocycles. The van der Waals surface area contributed by atoms with Gasteiger partial charge in [-0.15, -0.1) is 0 Å². The Bertz CT molecular complexity index is 422. The standard InChI is InChI=1S/C18H32N2O2/c1-5-10-22-18-8-7-16(13-17(18)19)12-15(4)20-9-6-11-21-14(2)3/h7-8,13-15,20H,5-6,9-12,19H2,1-4H3. The lowest BCUT2D eigenvalue weighted by molar-refractivity contribution is 0.0768. The molecule has 4 nitrogen and oxygen atoms in total. The summed E-state index contributed by atoms with van der Waals surface area (Å²) in [6.07, 6.45) is 3.30. The zero-order valence-corrected chi connectivity index (χ0v) is 14.5. The molecule has 126 valence electrons. The van der Waals surface area contributed by atoms with Crippen molar-refractivity contribution in [3.63, 3.8) is 0 Å². The van der Waals surface area contributed by atoms with E-state index in [0.717, 1.165) is 43.9 Å². The Hall–Kier alpha value is -1.26. The number of nitrogens with two attached hydrogens (primary N) is 1. The molecule has 22 heavy (non-hydrogen) atoms. The molecule has 1 aromatic carbocycles. The monoisotopic (exact) mass is 308 g/mol. The van der Waals surface area contributed by atoms with Crippen molar-refractivity contribution in [2.45, 2.75) is 59.1 Å². The van der Waals surface area contributed by atoms with Crippen LogP contribution in [0.4, 0.5) is 5.69 Å². The van der Waals surface area contributed by atoms with Crippen molar-refractivity contribution >= 4 is 5.69 Å². The predicted molar refractivity (Wildman–Crippen MR) is 93.5 cm³/mol. The molecular weight excluding hydrogens is 276 g/mol. The third-order valence-corrected chi connectivity index (χ3v) is 3.34. The summed E-state index contributed by atoms with van der Waals surface area (Å²) < 4.78 is 11.1. The highest BCUT2D eigenvalue weighted by Crippen LogP contribution is 2.23. The van der Waals surface area contributed by atoms with E-state index >= 15 is 0 Å². The summed E-state index contributed by atoms with van der Waals surface area (Å²) in [6.45, 7) is 10.9. The van der Waals surface area contributed by atoms with Gasteiger partial charge in [-0.2, -0.15) is 0 Å². The van der Waals surface area contributed by atoms with Gasteiger partial charge in [-0.1, -0.05) is 13.0 Å². The quantitative estimate of drug-likeness (QED) is 0.486. The van der Waals surface area contributed by atoms with Gasteiger partial charge in [-0.25, -0.2) is 0 Å². The molecule has 0 saturated carbocycles. The first-order valence-corrected chi connectivity index (χ1v) is 8.39. The number of nitrogen functional groups attached to an aromatic ring is 1. The molecule has 0 aliphatic rings. The molecule has 0 aliphatic carbocycles. The maximum absolute atomic E-state index is 6.04. The Morgan fingerprint density at radius 1 is 1.18 bits per heavy atom. The van der Waals surface area contributed by atoms with Crippen molar-refractivity contribution in [3.8, 4) is 5.75 Å². The molecule has 0 aliphatic heterocycles. The lowest BCUT2D eigenvalue weighted by Crippen LogP contribution is -2.29. The smallest absolute Gasteiger partial charge is 0.142 e. The first-order valence-electron chi connectivity index (χ1n) is 8.39. The molecule has 0 bridgehead atoms. The molecule has 1 atom stereocenters. The van der Waals surface area contributed by atoms with Crippen molar-refractivity contribution in [1.29, 1.82) is 0 Å². The van der Waals surface area contributed by atoms with E-state index in [2.05, 4.69) is 39.1 Å². The van der Waals surface area contributed by atoms with E-state index in [4.69, 9.17) is 15.2 Å². The zero-order chi connectivity index (χ0) is 16.4. The van der Waals surface area contributed by atoms with E-state index in [1.807, 2.05) is 12.1 Å². The summed E-state index contributed by atoms with van der Waals surface area (Å²) >= 11 is 0. The molecule has 0 amide bonds. The molecule has 4 heteroatoms. The lowest BCUT2D eigenvalue weighted by atomic mass is 10.1. The summed E-state index contributed by atoms with van der Waals surface area (Å²) in [5.74, 6) is 0.789. The number of ether oxygens (including phenoxy) is 2. The molecule has 0 fully saturated rings. The Kier molecular flexibility index (Phi) is 8.94. The second-order valence-electron chi connectivity index (χ2n) is 6.05. The highest BCUT2D eigenvalue weighted by Gasteiger charge is 2.06. The van der Waals surface area contributed by atoms with Gasteiger partial charge in [0.1, 0.15) is 5.75 Å². The van der Waals surface area contributed by atoms with Crippen LogP contribution in [0.15, 0.2) is 18.2 Å². The molecule has 1 aromatic rings. The molecule has 0 aromatic heterocycles. The van der Waals surface area contributed by atoms with Crippen molar-refractivity contribution in [2.24, 2.45) is 0 Å². The maximum Gasteiger partial charge on any atom is 0.142 e. The molecule has 0 spiro atoms. The Labute approximate surface area is 135 Å². The number of anilines is 1. The molecule has 1 unspecified atom stereocenters. The molecule has 3 N–H and O–H groups in total. The number of hydrogen-bond donors (Lipinski definition) is 2. The van der Waals surface area contributed by atoms with Crippen molar-refractivity contribution in [3.05, 3.63) is 23.8 Å². The highest BCUT2D eigenvalue weighted by molar-refractivity contribution is 5.54. The van der Waals surface area contributed by atoms with Gasteiger partial charge in [0.2, 0.25) is 0 Å². The van der Waals surface area contributed by atoms with Gasteiger partial charge < -0.3 is 20.5 Å². The first-order chi connectivity index (χ1) is 10.5. The minimum absolute atomic E-state index is 0.314. The van der Waals surface area contributed by atoms with Gasteiger partial charge in [0, 0.05) is 12.6 Å². The number of rotatable bonds is 11. The zero-order valence-electron chi connectivity index (χ0n) is 14.5. The maximum atomic E-state index is 6.04. The van der Waals surface area contributed by atoms with Crippen LogP contribution in [0.2, 0.25) is 0 Å². The second-order valence-corrected chi connectivity index (χ2v) is 6.05. The van der Waals surface area contributed by atoms with E-state index in [1.165, 1.54) is 5.56 Å². The van der Waals surface area contributed by atoms with E-state index < -0.39 is 0 Å². The minimum Gasteiger partial charge on any atom is -0.491 e. The van der Waals surface area contributed by atoms with Gasteiger partial charge in [0.05, 0.1) is 18.4 Å². The topological polar surface area (TPSA) is 56.5 Å². The van der Waals surface area contributed by atoms with Crippen LogP contribution < -0.4 is 15.8 Å². The largest absolute Gasteiger partial charge is 0.491 e. The Balaban J connectivity index is 2.31. The van der Waals surface area contributed by atoms with Crippen molar-refractivity contribution in [1.82, 2.24) is 5.32 Å². The fraction of sp³-hybridized carbons (Fsp3) is 0.667. The average molecular weight is 308 g/mol. The van der Waals surface area contributed by atoms with Crippen LogP contribution in [0, 0.1) is 0 Å². The molecule has 0 radical (unpaired) electrons. The predicted octanol–water partition coefficient (Wildman–Crippen LogP) is 3.39. The third-order valence-electron chi connectivity index (χ3n) is 3.34. The van der Waals surface area contributed by atoms with E-state index in [-0.39, 0.29) is 0 Å². The summed E-state index contributed by atoms with van der Waals surface area (Å²) in [5, 5.41) is 3.52. The van der Waals surface area contributed by atoms with Gasteiger partial charge >= 0.3 is 0 Å². The number of nitrogens with one attached hydrogen (secondary N) is 1. The summed E-state index contributed by atoms with van der Waals surface area (Å²) in [5.41, 5.74) is 8.01. The fourth-order valence-corrected chi connectivity index (χ4v) is 2.23. The second kappa shape index (κ2) is 10.5. The van der Waals surface area contributed by atoms with Crippen LogP contribution in [-0.4, -0.2) is 31.9 Å². The lowest BCUT2D eigenvalue weighted by Gasteiger charge is -2.15. The highest BCUT2D eigenvalue weighted by atomic mass is 16.5. The van der Waals surface area contributed by atoms with Crippen LogP contribution in [0.1, 0.15) is 46.1 Å². The number of benzene rings is 1. The SMILES string of the molecule is CCCOc1ccc(CC(C)NCCCOC(C)C)cc1N. The summed E-state index contributed by atoms with van der Waals surface area (Å²) in [7, 11) is 0. The summed E-state index contributed by atoms with van der Waals surface area (Å²) in [4.78, 5) is 0. The van der Waals surface area contributed by atoms with Gasteiger partial charge in [-0.3, -0.25) is 0 Å². The molecule has 1 rings (SSSR count). The molecule has 0 heterocycles. The van der Waals surface area contributed by atoms with Crippen LogP contribution in [0.5, 0.6) is 5.75 Å². The van der Waals surface area contributed by atoms with Crippen LogP contribution in [-0.2, 0) is 11.2 Å². The average Bonchev–Trinajstić information content (AvgIpc) is 2.45. The Morgan fingerprint density at radius 3 is 2.59 bits per heavy atom. The van der Waals surface area contributed by atoms with Crippen molar-refractivity contribution < 1.29 is 9.47 Å². The van der Waals surface area contributed by atoms with Crippen molar-refractivity contribution in [2.75, 3.05) is 25.5 Å². The van der Waals surface area contributed by atoms with Crippen LogP contribution in [0.25, 0.3) is 0 Å². The first kappa shape index (κ1) is 18.8. The normalized spacial score (nSPS) is 12.6. The third kappa shape index (κ3) is 7.66. The minimum atomic E-state index is 0.314.